The average Bonchev–Trinajstić information content (AvgIpc) is 2.89. The summed E-state index contributed by atoms with van der Waals surface area (Å²) in [7, 11) is 0. The van der Waals surface area contributed by atoms with E-state index < -0.39 is 24.0 Å². The summed E-state index contributed by atoms with van der Waals surface area (Å²) in [6.45, 7) is 7.97. The van der Waals surface area contributed by atoms with Gasteiger partial charge in [0, 0.05) is 24.0 Å². The van der Waals surface area contributed by atoms with E-state index in [1.807, 2.05) is 25.3 Å². The van der Waals surface area contributed by atoms with Crippen molar-refractivity contribution in [2.45, 2.75) is 78.5 Å². The van der Waals surface area contributed by atoms with Gasteiger partial charge in [0.1, 0.15) is 0 Å². The third-order valence-corrected chi connectivity index (χ3v) is 4.94. The highest BCUT2D eigenvalue weighted by Gasteiger charge is 2.24. The Hall–Kier alpha value is -2.31. The fourth-order valence-corrected chi connectivity index (χ4v) is 3.45. The highest BCUT2D eigenvalue weighted by Crippen LogP contribution is 2.18. The van der Waals surface area contributed by atoms with Gasteiger partial charge < -0.3 is 14.6 Å². The van der Waals surface area contributed by atoms with Gasteiger partial charge in [-0.25, -0.2) is 9.59 Å². The Balaban J connectivity index is 1.87. The number of carbonyl (C=O) groups excluding carboxylic acids is 3. The van der Waals surface area contributed by atoms with Crippen LogP contribution in [0, 0.1) is 13.8 Å². The average molecular weight is 363 g/mol. The Labute approximate surface area is 154 Å². The number of aryl methyl sites for hydroxylation is 1. The van der Waals surface area contributed by atoms with Crippen LogP contribution >= 0.6 is 0 Å². The standard InChI is InChI=1S/C19H29N3O4/c1-5-22-12(2)11-16(13(22)3)18(24)26-14(4)17(23)21-19(25)20-15-9-7-6-8-10-15/h11,14-15H,5-10H2,1-4H3,(H2,20,21,23,25)/t14-/m0/s1. The molecule has 1 fully saturated rings. The van der Waals surface area contributed by atoms with E-state index in [4.69, 9.17) is 4.74 Å². The van der Waals surface area contributed by atoms with Gasteiger partial charge in [-0.1, -0.05) is 19.3 Å². The molecule has 0 aromatic carbocycles. The summed E-state index contributed by atoms with van der Waals surface area (Å²) in [5, 5.41) is 5.06. The summed E-state index contributed by atoms with van der Waals surface area (Å²) in [5.74, 6) is -1.19. The van der Waals surface area contributed by atoms with Crippen LogP contribution in [0.5, 0.6) is 0 Å². The number of urea groups is 1. The van der Waals surface area contributed by atoms with Gasteiger partial charge in [0.15, 0.2) is 6.10 Å². The van der Waals surface area contributed by atoms with Gasteiger partial charge in [-0.2, -0.15) is 0 Å². The molecule has 2 N–H and O–H groups in total. The lowest BCUT2D eigenvalue weighted by atomic mass is 9.96. The lowest BCUT2D eigenvalue weighted by molar-refractivity contribution is -0.127. The number of ether oxygens (including phenoxy) is 1. The van der Waals surface area contributed by atoms with Crippen molar-refractivity contribution in [3.8, 4) is 0 Å². The Kier molecular flexibility index (Phi) is 6.83. The molecule has 1 heterocycles. The van der Waals surface area contributed by atoms with Crippen LogP contribution in [0.2, 0.25) is 0 Å². The number of nitrogens with zero attached hydrogens (tertiary/aromatic N) is 1. The SMILES string of the molecule is CCn1c(C)cc(C(=O)O[C@@H](C)C(=O)NC(=O)NC2CCCCC2)c1C. The van der Waals surface area contributed by atoms with Crippen molar-refractivity contribution >= 4 is 17.9 Å². The van der Waals surface area contributed by atoms with Crippen molar-refractivity contribution in [2.24, 2.45) is 0 Å². The molecule has 0 radical (unpaired) electrons. The van der Waals surface area contributed by atoms with Crippen molar-refractivity contribution in [3.63, 3.8) is 0 Å². The van der Waals surface area contributed by atoms with Gasteiger partial charge in [0.25, 0.3) is 5.91 Å². The van der Waals surface area contributed by atoms with Crippen molar-refractivity contribution in [2.75, 3.05) is 0 Å². The Morgan fingerprint density at radius 3 is 2.46 bits per heavy atom. The fourth-order valence-electron chi connectivity index (χ4n) is 3.45. The first-order valence-corrected chi connectivity index (χ1v) is 9.32. The highest BCUT2D eigenvalue weighted by atomic mass is 16.5. The first kappa shape index (κ1) is 20.0. The molecule has 7 heteroatoms. The predicted octanol–water partition coefficient (Wildman–Crippen LogP) is 2.83. The summed E-state index contributed by atoms with van der Waals surface area (Å²) in [6.07, 6.45) is 4.17. The number of nitrogens with one attached hydrogen (secondary N) is 2. The molecule has 0 spiro atoms. The quantitative estimate of drug-likeness (QED) is 0.787. The molecule has 7 nitrogen and oxygen atoms in total. The van der Waals surface area contributed by atoms with E-state index in [0.717, 1.165) is 43.6 Å². The van der Waals surface area contributed by atoms with E-state index in [1.54, 1.807) is 6.07 Å². The van der Waals surface area contributed by atoms with Crippen LogP contribution in [0.15, 0.2) is 6.07 Å². The van der Waals surface area contributed by atoms with Crippen molar-refractivity contribution < 1.29 is 19.1 Å². The molecule has 0 aliphatic heterocycles. The third-order valence-electron chi connectivity index (χ3n) is 4.94. The van der Waals surface area contributed by atoms with E-state index in [-0.39, 0.29) is 6.04 Å². The minimum Gasteiger partial charge on any atom is -0.449 e. The molecule has 0 unspecified atom stereocenters. The summed E-state index contributed by atoms with van der Waals surface area (Å²) >= 11 is 0. The maximum Gasteiger partial charge on any atom is 0.340 e. The molecular weight excluding hydrogens is 334 g/mol. The molecule has 1 aliphatic rings. The van der Waals surface area contributed by atoms with Gasteiger partial charge in [-0.05, 0) is 46.6 Å². The molecule has 1 aromatic rings. The van der Waals surface area contributed by atoms with Crippen LogP contribution in [-0.4, -0.2) is 34.6 Å². The number of hydrogen-bond donors (Lipinski definition) is 2. The van der Waals surface area contributed by atoms with Gasteiger partial charge in [-0.15, -0.1) is 0 Å². The van der Waals surface area contributed by atoms with Crippen LogP contribution in [0.4, 0.5) is 4.79 Å². The van der Waals surface area contributed by atoms with Crippen LogP contribution in [-0.2, 0) is 16.1 Å². The summed E-state index contributed by atoms with van der Waals surface area (Å²) < 4.78 is 7.24. The minimum absolute atomic E-state index is 0.105. The molecule has 0 saturated heterocycles. The molecule has 26 heavy (non-hydrogen) atoms. The first-order chi connectivity index (χ1) is 12.3. The molecule has 144 valence electrons. The van der Waals surface area contributed by atoms with Crippen molar-refractivity contribution in [1.82, 2.24) is 15.2 Å². The first-order valence-electron chi connectivity index (χ1n) is 9.32. The molecule has 1 atom stereocenters. The van der Waals surface area contributed by atoms with Crippen LogP contribution in [0.1, 0.15) is 67.7 Å². The van der Waals surface area contributed by atoms with Crippen LogP contribution in [0.25, 0.3) is 0 Å². The van der Waals surface area contributed by atoms with E-state index >= 15 is 0 Å². The molecule has 2 rings (SSSR count). The summed E-state index contributed by atoms with van der Waals surface area (Å²) in [6, 6.07) is 1.32. The maximum atomic E-state index is 12.3. The number of rotatable bonds is 5. The zero-order valence-corrected chi connectivity index (χ0v) is 16.1. The third kappa shape index (κ3) is 4.86. The van der Waals surface area contributed by atoms with E-state index in [2.05, 4.69) is 10.6 Å². The topological polar surface area (TPSA) is 89.4 Å². The second kappa shape index (κ2) is 8.87. The monoisotopic (exact) mass is 363 g/mol. The van der Waals surface area contributed by atoms with Gasteiger partial charge in [0.05, 0.1) is 5.56 Å². The van der Waals surface area contributed by atoms with Crippen LogP contribution < -0.4 is 10.6 Å². The Morgan fingerprint density at radius 1 is 1.23 bits per heavy atom. The largest absolute Gasteiger partial charge is 0.449 e. The molecule has 1 aliphatic carbocycles. The molecular formula is C19H29N3O4. The van der Waals surface area contributed by atoms with Crippen molar-refractivity contribution in [3.05, 3.63) is 23.0 Å². The number of amides is 3. The zero-order valence-electron chi connectivity index (χ0n) is 16.1. The zero-order chi connectivity index (χ0) is 19.3. The highest BCUT2D eigenvalue weighted by molar-refractivity contribution is 5.98. The number of aromatic nitrogens is 1. The number of imide groups is 1. The second-order valence-electron chi connectivity index (χ2n) is 6.87. The Bertz CT molecular complexity index is 675. The predicted molar refractivity (Wildman–Crippen MR) is 98.0 cm³/mol. The van der Waals surface area contributed by atoms with Gasteiger partial charge in [-0.3, -0.25) is 10.1 Å². The smallest absolute Gasteiger partial charge is 0.340 e. The maximum absolute atomic E-state index is 12.3. The van der Waals surface area contributed by atoms with Gasteiger partial charge in [0.2, 0.25) is 0 Å². The lowest BCUT2D eigenvalue weighted by Gasteiger charge is -2.23. The second-order valence-corrected chi connectivity index (χ2v) is 6.87. The summed E-state index contributed by atoms with van der Waals surface area (Å²) in [4.78, 5) is 36.4. The van der Waals surface area contributed by atoms with Crippen molar-refractivity contribution in [1.29, 1.82) is 0 Å². The number of carbonyl (C=O) groups is 3. The normalized spacial score (nSPS) is 16.0. The Morgan fingerprint density at radius 2 is 1.88 bits per heavy atom. The minimum atomic E-state index is -1.05. The summed E-state index contributed by atoms with van der Waals surface area (Å²) in [5.41, 5.74) is 2.20. The van der Waals surface area contributed by atoms with E-state index in [0.29, 0.717) is 5.56 Å². The molecule has 1 aromatic heterocycles. The number of esters is 1. The molecule has 3 amide bonds. The van der Waals surface area contributed by atoms with Crippen LogP contribution in [0.3, 0.4) is 0 Å². The van der Waals surface area contributed by atoms with Gasteiger partial charge >= 0.3 is 12.0 Å². The van der Waals surface area contributed by atoms with E-state index in [9.17, 15) is 14.4 Å². The molecule has 0 bridgehead atoms. The number of hydrogen-bond acceptors (Lipinski definition) is 4. The fraction of sp³-hybridized carbons (Fsp3) is 0.632. The molecule has 1 saturated carbocycles. The van der Waals surface area contributed by atoms with E-state index in [1.165, 1.54) is 13.3 Å². The lowest BCUT2D eigenvalue weighted by Crippen LogP contribution is -2.48.